The molecule has 2 heterocycles. The third-order valence-corrected chi connectivity index (χ3v) is 4.63. The Bertz CT molecular complexity index is 560. The van der Waals surface area contributed by atoms with Crippen LogP contribution in [0.5, 0.6) is 0 Å². The van der Waals surface area contributed by atoms with E-state index in [0.29, 0.717) is 11.9 Å². The molecule has 104 valence electrons. The lowest BCUT2D eigenvalue weighted by Gasteiger charge is -2.29. The summed E-state index contributed by atoms with van der Waals surface area (Å²) >= 11 is 1.64. The average molecular weight is 278 g/mol. The van der Waals surface area contributed by atoms with Crippen LogP contribution in [0.1, 0.15) is 27.7 Å². The number of hydrogen-bond acceptors (Lipinski definition) is 5. The zero-order valence-corrected chi connectivity index (χ0v) is 13.1. The first kappa shape index (κ1) is 14.1. The van der Waals surface area contributed by atoms with Crippen molar-refractivity contribution in [2.75, 3.05) is 24.2 Å². The molecule has 0 fully saturated rings. The minimum Gasteiger partial charge on any atom is -0.369 e. The molecule has 2 aromatic heterocycles. The zero-order chi connectivity index (χ0) is 14.0. The number of aromatic nitrogens is 2. The summed E-state index contributed by atoms with van der Waals surface area (Å²) in [6.07, 6.45) is 0. The van der Waals surface area contributed by atoms with Crippen molar-refractivity contribution in [2.45, 2.75) is 27.7 Å². The van der Waals surface area contributed by atoms with Crippen molar-refractivity contribution in [1.29, 1.82) is 0 Å². The van der Waals surface area contributed by atoms with Gasteiger partial charge in [0.15, 0.2) is 0 Å². The van der Waals surface area contributed by atoms with E-state index in [4.69, 9.17) is 0 Å². The summed E-state index contributed by atoms with van der Waals surface area (Å²) in [5.41, 5.74) is 0.229. The van der Waals surface area contributed by atoms with Crippen LogP contribution in [0.4, 0.5) is 11.8 Å². The van der Waals surface area contributed by atoms with Crippen molar-refractivity contribution in [3.05, 3.63) is 11.4 Å². The molecule has 2 N–H and O–H groups in total. The number of hydrogen-bond donors (Lipinski definition) is 2. The van der Waals surface area contributed by atoms with Gasteiger partial charge in [0.25, 0.3) is 0 Å². The molecule has 0 amide bonds. The molecule has 0 saturated carbocycles. The van der Waals surface area contributed by atoms with Crippen LogP contribution < -0.4 is 10.6 Å². The minimum absolute atomic E-state index is 0.229. The Morgan fingerprint density at radius 1 is 1.32 bits per heavy atom. The number of anilines is 2. The fraction of sp³-hybridized carbons (Fsp3) is 0.571. The third-order valence-electron chi connectivity index (χ3n) is 3.82. The second-order valence-electron chi connectivity index (χ2n) is 5.78. The van der Waals surface area contributed by atoms with Gasteiger partial charge in [0, 0.05) is 13.6 Å². The van der Waals surface area contributed by atoms with Gasteiger partial charge in [-0.3, -0.25) is 0 Å². The van der Waals surface area contributed by atoms with E-state index in [0.717, 1.165) is 22.6 Å². The first-order valence-corrected chi connectivity index (χ1v) is 7.49. The van der Waals surface area contributed by atoms with E-state index in [1.54, 1.807) is 11.3 Å². The molecule has 2 aromatic rings. The standard InChI is InChI=1S/C14H22N4S/c1-9(2)14(3,4)8-16-11-10-6-7-19-12(10)18-13(15-5)17-11/h6-7,9H,8H2,1-5H3,(H2,15,16,17,18). The Labute approximate surface area is 118 Å². The Balaban J connectivity index is 2.27. The molecule has 0 radical (unpaired) electrons. The van der Waals surface area contributed by atoms with Crippen LogP contribution in [0, 0.1) is 11.3 Å². The van der Waals surface area contributed by atoms with Crippen molar-refractivity contribution in [3.8, 4) is 0 Å². The predicted molar refractivity (Wildman–Crippen MR) is 84.1 cm³/mol. The first-order valence-electron chi connectivity index (χ1n) is 6.61. The largest absolute Gasteiger partial charge is 0.369 e. The highest BCUT2D eigenvalue weighted by Crippen LogP contribution is 2.30. The van der Waals surface area contributed by atoms with E-state index in [2.05, 4.69) is 59.7 Å². The number of fused-ring (bicyclic) bond motifs is 1. The maximum absolute atomic E-state index is 4.53. The van der Waals surface area contributed by atoms with Crippen molar-refractivity contribution < 1.29 is 0 Å². The average Bonchev–Trinajstić information content (AvgIpc) is 2.83. The molecule has 0 aromatic carbocycles. The van der Waals surface area contributed by atoms with Gasteiger partial charge in [-0.25, -0.2) is 4.98 Å². The van der Waals surface area contributed by atoms with Gasteiger partial charge in [0.05, 0.1) is 5.39 Å². The fourth-order valence-electron chi connectivity index (χ4n) is 1.62. The molecular weight excluding hydrogens is 256 g/mol. The third kappa shape index (κ3) is 2.97. The van der Waals surface area contributed by atoms with Gasteiger partial charge in [0.2, 0.25) is 5.95 Å². The second-order valence-corrected chi connectivity index (χ2v) is 6.68. The fourth-order valence-corrected chi connectivity index (χ4v) is 2.38. The molecule has 0 unspecified atom stereocenters. The summed E-state index contributed by atoms with van der Waals surface area (Å²) in [4.78, 5) is 10.00. The first-order chi connectivity index (χ1) is 8.94. The highest BCUT2D eigenvalue weighted by atomic mass is 32.1. The number of nitrogens with zero attached hydrogens (tertiary/aromatic N) is 2. The Hall–Kier alpha value is -1.36. The molecule has 0 saturated heterocycles. The van der Waals surface area contributed by atoms with Gasteiger partial charge >= 0.3 is 0 Å². The maximum Gasteiger partial charge on any atom is 0.225 e. The normalized spacial score (nSPS) is 12.1. The van der Waals surface area contributed by atoms with Crippen LogP contribution in [0.2, 0.25) is 0 Å². The summed E-state index contributed by atoms with van der Waals surface area (Å²) in [5, 5.41) is 9.65. The van der Waals surface area contributed by atoms with Crippen molar-refractivity contribution in [3.63, 3.8) is 0 Å². The number of nitrogens with one attached hydrogen (secondary N) is 2. The molecule has 0 atom stereocenters. The highest BCUT2D eigenvalue weighted by Gasteiger charge is 2.22. The predicted octanol–water partition coefficient (Wildman–Crippen LogP) is 3.83. The highest BCUT2D eigenvalue weighted by molar-refractivity contribution is 7.16. The van der Waals surface area contributed by atoms with Gasteiger partial charge in [-0.15, -0.1) is 11.3 Å². The number of rotatable bonds is 5. The molecule has 0 bridgehead atoms. The van der Waals surface area contributed by atoms with Crippen LogP contribution in [-0.4, -0.2) is 23.6 Å². The van der Waals surface area contributed by atoms with E-state index >= 15 is 0 Å². The lowest BCUT2D eigenvalue weighted by Crippen LogP contribution is -2.28. The van der Waals surface area contributed by atoms with Crippen LogP contribution >= 0.6 is 11.3 Å². The van der Waals surface area contributed by atoms with E-state index in [1.807, 2.05) is 7.05 Å². The summed E-state index contributed by atoms with van der Waals surface area (Å²) < 4.78 is 0. The van der Waals surface area contributed by atoms with Crippen LogP contribution in [0.3, 0.4) is 0 Å². The number of thiophene rings is 1. The summed E-state index contributed by atoms with van der Waals surface area (Å²) in [5.74, 6) is 2.20. The summed E-state index contributed by atoms with van der Waals surface area (Å²) in [6.45, 7) is 9.95. The second kappa shape index (κ2) is 5.33. The molecule has 19 heavy (non-hydrogen) atoms. The van der Waals surface area contributed by atoms with E-state index in [9.17, 15) is 0 Å². The van der Waals surface area contributed by atoms with Crippen molar-refractivity contribution in [2.24, 2.45) is 11.3 Å². The molecule has 0 spiro atoms. The Morgan fingerprint density at radius 2 is 2.05 bits per heavy atom. The monoisotopic (exact) mass is 278 g/mol. The van der Waals surface area contributed by atoms with Gasteiger partial charge in [-0.05, 0) is 22.8 Å². The molecule has 5 heteroatoms. The smallest absolute Gasteiger partial charge is 0.225 e. The van der Waals surface area contributed by atoms with Crippen LogP contribution in [0.25, 0.3) is 10.2 Å². The molecule has 4 nitrogen and oxygen atoms in total. The Morgan fingerprint density at radius 3 is 2.68 bits per heavy atom. The zero-order valence-electron chi connectivity index (χ0n) is 12.2. The topological polar surface area (TPSA) is 49.8 Å². The molecular formula is C14H22N4S. The van der Waals surface area contributed by atoms with E-state index < -0.39 is 0 Å². The molecule has 0 aliphatic heterocycles. The lowest BCUT2D eigenvalue weighted by molar-refractivity contribution is 0.269. The van der Waals surface area contributed by atoms with Gasteiger partial charge in [0.1, 0.15) is 10.6 Å². The summed E-state index contributed by atoms with van der Waals surface area (Å²) in [6, 6.07) is 2.07. The van der Waals surface area contributed by atoms with Crippen molar-refractivity contribution in [1.82, 2.24) is 9.97 Å². The Kier molecular flexibility index (Phi) is 3.94. The molecule has 2 rings (SSSR count). The molecule has 0 aliphatic carbocycles. The maximum atomic E-state index is 4.53. The molecule has 0 aliphatic rings. The quantitative estimate of drug-likeness (QED) is 0.872. The van der Waals surface area contributed by atoms with Gasteiger partial charge < -0.3 is 10.6 Å². The van der Waals surface area contributed by atoms with Gasteiger partial charge in [-0.2, -0.15) is 4.98 Å². The van der Waals surface area contributed by atoms with E-state index in [-0.39, 0.29) is 5.41 Å². The minimum atomic E-state index is 0.229. The van der Waals surface area contributed by atoms with Crippen LogP contribution in [-0.2, 0) is 0 Å². The van der Waals surface area contributed by atoms with Crippen LogP contribution in [0.15, 0.2) is 11.4 Å². The summed E-state index contributed by atoms with van der Waals surface area (Å²) in [7, 11) is 1.84. The lowest BCUT2D eigenvalue weighted by atomic mass is 9.81. The van der Waals surface area contributed by atoms with Crippen molar-refractivity contribution >= 4 is 33.3 Å². The SMILES string of the molecule is CNc1nc(NCC(C)(C)C(C)C)c2ccsc2n1. The van der Waals surface area contributed by atoms with Gasteiger partial charge in [-0.1, -0.05) is 27.7 Å². The van der Waals surface area contributed by atoms with E-state index in [1.165, 1.54) is 0 Å².